The molecule has 0 fully saturated rings. The summed E-state index contributed by atoms with van der Waals surface area (Å²) in [4.78, 5) is 18.7. The topological polar surface area (TPSA) is 77.2 Å². The molecule has 1 unspecified atom stereocenters. The minimum atomic E-state index is -3.04. The molecule has 11 heteroatoms. The van der Waals surface area contributed by atoms with E-state index < -0.39 is 43.3 Å². The summed E-state index contributed by atoms with van der Waals surface area (Å²) in [5, 5.41) is 0. The zero-order chi connectivity index (χ0) is 23.6. The zero-order valence-corrected chi connectivity index (χ0v) is 17.1. The molecule has 1 amide bonds. The minimum Gasteiger partial charge on any atom is -0.490 e. The van der Waals surface area contributed by atoms with Gasteiger partial charge in [0.1, 0.15) is 5.75 Å². The molecule has 6 nitrogen and oxygen atoms in total. The fraction of sp³-hybridized carbons (Fsp3) is 0.333. The molecule has 2 aromatic carbocycles. The smallest absolute Gasteiger partial charge is 0.387 e. The third kappa shape index (κ3) is 4.32. The van der Waals surface area contributed by atoms with E-state index in [1.54, 1.807) is 0 Å². The van der Waals surface area contributed by atoms with Gasteiger partial charge in [-0.25, -0.2) is 18.2 Å². The Bertz CT molecular complexity index is 1050. The second-order valence-electron chi connectivity index (χ2n) is 7.08. The van der Waals surface area contributed by atoms with Crippen LogP contribution in [0.15, 0.2) is 41.4 Å². The average molecular weight is 457 g/mol. The number of benzene rings is 2. The van der Waals surface area contributed by atoms with Gasteiger partial charge in [0.25, 0.3) is 5.91 Å². The van der Waals surface area contributed by atoms with E-state index in [2.05, 4.69) is 9.73 Å². The second-order valence-corrected chi connectivity index (χ2v) is 7.08. The van der Waals surface area contributed by atoms with Crippen molar-refractivity contribution in [3.05, 3.63) is 58.9 Å². The number of halogens is 5. The molecule has 0 bridgehead atoms. The summed E-state index contributed by atoms with van der Waals surface area (Å²) in [7, 11) is 1.40. The first kappa shape index (κ1) is 23.3. The number of ether oxygens (including phenoxy) is 2. The number of hydrogen-bond acceptors (Lipinski definition) is 5. The van der Waals surface area contributed by atoms with Crippen LogP contribution in [0.5, 0.6) is 11.5 Å². The van der Waals surface area contributed by atoms with Gasteiger partial charge in [-0.3, -0.25) is 9.69 Å². The summed E-state index contributed by atoms with van der Waals surface area (Å²) in [6.45, 7) is -1.97. The Hall–Kier alpha value is -3.37. The highest BCUT2D eigenvalue weighted by atomic mass is 19.3. The van der Waals surface area contributed by atoms with Crippen molar-refractivity contribution in [1.82, 2.24) is 4.90 Å². The van der Waals surface area contributed by atoms with E-state index in [0.29, 0.717) is 5.56 Å². The van der Waals surface area contributed by atoms with Crippen molar-refractivity contribution in [2.45, 2.75) is 31.9 Å². The van der Waals surface area contributed by atoms with E-state index in [4.69, 9.17) is 10.5 Å². The first-order valence-corrected chi connectivity index (χ1v) is 9.46. The van der Waals surface area contributed by atoms with Crippen LogP contribution in [0.2, 0.25) is 0 Å². The van der Waals surface area contributed by atoms with Gasteiger partial charge >= 0.3 is 6.61 Å². The van der Waals surface area contributed by atoms with Crippen LogP contribution in [0.4, 0.5) is 22.0 Å². The number of hydrogen-bond donors (Lipinski definition) is 1. The molecule has 32 heavy (non-hydrogen) atoms. The monoisotopic (exact) mass is 457 g/mol. The lowest BCUT2D eigenvalue weighted by Gasteiger charge is -2.27. The lowest BCUT2D eigenvalue weighted by atomic mass is 9.82. The van der Waals surface area contributed by atoms with E-state index in [-0.39, 0.29) is 28.6 Å². The summed E-state index contributed by atoms with van der Waals surface area (Å²) in [5.74, 6) is -1.95. The van der Waals surface area contributed by atoms with Gasteiger partial charge in [-0.05, 0) is 47.9 Å². The van der Waals surface area contributed by atoms with Crippen molar-refractivity contribution in [1.29, 1.82) is 0 Å². The number of aliphatic imine (C=N–C) groups is 1. The van der Waals surface area contributed by atoms with Crippen molar-refractivity contribution < 1.29 is 36.2 Å². The second kappa shape index (κ2) is 9.01. The Kier molecular flexibility index (Phi) is 6.56. The largest absolute Gasteiger partial charge is 0.490 e. The van der Waals surface area contributed by atoms with Crippen molar-refractivity contribution in [3.63, 3.8) is 0 Å². The number of alkyl halides is 4. The van der Waals surface area contributed by atoms with Crippen LogP contribution in [-0.4, -0.2) is 43.5 Å². The van der Waals surface area contributed by atoms with Crippen molar-refractivity contribution in [2.24, 2.45) is 10.7 Å². The number of amides is 1. The SMILES string of the molecule is Cc1cc(C2(c3ccc(F)c(OCCC(F)F)c3)N=C(N)N(C)C2=O)ccc1OC(F)F. The molecular formula is C21H20F5N3O3. The quantitative estimate of drug-likeness (QED) is 0.612. The van der Waals surface area contributed by atoms with E-state index in [1.807, 2.05) is 0 Å². The first-order chi connectivity index (χ1) is 15.1. The van der Waals surface area contributed by atoms with E-state index in [1.165, 1.54) is 44.3 Å². The molecule has 1 aliphatic rings. The number of aryl methyl sites for hydroxylation is 1. The van der Waals surface area contributed by atoms with Crippen molar-refractivity contribution in [3.8, 4) is 11.5 Å². The molecule has 0 aromatic heterocycles. The number of nitrogens with two attached hydrogens (primary N) is 1. The van der Waals surface area contributed by atoms with Gasteiger partial charge in [0, 0.05) is 13.5 Å². The highest BCUT2D eigenvalue weighted by molar-refractivity contribution is 6.09. The summed E-state index contributed by atoms with van der Waals surface area (Å²) >= 11 is 0. The van der Waals surface area contributed by atoms with Crippen molar-refractivity contribution >= 4 is 11.9 Å². The highest BCUT2D eigenvalue weighted by Gasteiger charge is 2.50. The Labute approximate surface area is 180 Å². The van der Waals surface area contributed by atoms with Crippen LogP contribution >= 0.6 is 0 Å². The number of guanidine groups is 1. The van der Waals surface area contributed by atoms with Gasteiger partial charge in [-0.2, -0.15) is 8.78 Å². The molecule has 0 saturated heterocycles. The molecule has 172 valence electrons. The maximum absolute atomic E-state index is 14.2. The molecule has 0 radical (unpaired) electrons. The van der Waals surface area contributed by atoms with Gasteiger partial charge in [-0.15, -0.1) is 0 Å². The number of rotatable bonds is 8. The summed E-state index contributed by atoms with van der Waals surface area (Å²) in [5.41, 5.74) is 4.83. The minimum absolute atomic E-state index is 0.0928. The first-order valence-electron chi connectivity index (χ1n) is 9.46. The van der Waals surface area contributed by atoms with Gasteiger partial charge < -0.3 is 15.2 Å². The van der Waals surface area contributed by atoms with E-state index >= 15 is 0 Å². The molecule has 1 aliphatic heterocycles. The molecule has 1 heterocycles. The number of carbonyl (C=O) groups excluding carboxylic acids is 1. The van der Waals surface area contributed by atoms with Gasteiger partial charge in [0.05, 0.1) is 6.61 Å². The lowest BCUT2D eigenvalue weighted by molar-refractivity contribution is -0.129. The number of nitrogens with zero attached hydrogens (tertiary/aromatic N) is 2. The Morgan fingerprint density at radius 2 is 1.75 bits per heavy atom. The predicted molar refractivity (Wildman–Crippen MR) is 105 cm³/mol. The van der Waals surface area contributed by atoms with Crippen LogP contribution in [0.3, 0.4) is 0 Å². The molecule has 2 N–H and O–H groups in total. The normalized spacial score (nSPS) is 18.5. The molecular weight excluding hydrogens is 437 g/mol. The van der Waals surface area contributed by atoms with Crippen LogP contribution in [0.25, 0.3) is 0 Å². The Morgan fingerprint density at radius 1 is 1.09 bits per heavy atom. The summed E-state index contributed by atoms with van der Waals surface area (Å²) in [6, 6.07) is 7.58. The third-order valence-electron chi connectivity index (χ3n) is 4.99. The molecule has 0 aliphatic carbocycles. The number of carbonyl (C=O) groups is 1. The molecule has 0 spiro atoms. The Balaban J connectivity index is 2.11. The van der Waals surface area contributed by atoms with Crippen LogP contribution in [-0.2, 0) is 10.3 Å². The Morgan fingerprint density at radius 3 is 2.31 bits per heavy atom. The van der Waals surface area contributed by atoms with Crippen LogP contribution in [0.1, 0.15) is 23.1 Å². The molecule has 3 rings (SSSR count). The zero-order valence-electron chi connectivity index (χ0n) is 17.1. The average Bonchev–Trinajstić information content (AvgIpc) is 2.95. The van der Waals surface area contributed by atoms with Gasteiger partial charge in [0.2, 0.25) is 6.43 Å². The third-order valence-corrected chi connectivity index (χ3v) is 4.99. The maximum Gasteiger partial charge on any atom is 0.387 e. The molecule has 2 aromatic rings. The number of likely N-dealkylation sites (N-methyl/N-ethyl adjacent to an activating group) is 1. The maximum atomic E-state index is 14.2. The molecule has 1 atom stereocenters. The van der Waals surface area contributed by atoms with Crippen LogP contribution < -0.4 is 15.2 Å². The van der Waals surface area contributed by atoms with Gasteiger partial charge in [0.15, 0.2) is 23.1 Å². The summed E-state index contributed by atoms with van der Waals surface area (Å²) in [6.07, 6.45) is -3.23. The standard InChI is InChI=1S/C21H20F5N3O3/c1-11-9-12(4-6-15(11)32-19(25)26)21(18(30)29(2)20(27)28-21)13-3-5-14(22)16(10-13)31-8-7-17(23)24/h3-6,9-10,17,19H,7-8H2,1-2H3,(H2,27,28). The molecule has 0 saturated carbocycles. The fourth-order valence-electron chi connectivity index (χ4n) is 3.38. The van der Waals surface area contributed by atoms with E-state index in [0.717, 1.165) is 11.0 Å². The van der Waals surface area contributed by atoms with E-state index in [9.17, 15) is 26.7 Å². The fourth-order valence-corrected chi connectivity index (χ4v) is 3.38. The summed E-state index contributed by atoms with van der Waals surface area (Å²) < 4.78 is 73.9. The lowest BCUT2D eigenvalue weighted by Crippen LogP contribution is -2.41. The van der Waals surface area contributed by atoms with Gasteiger partial charge in [-0.1, -0.05) is 12.1 Å². The van der Waals surface area contributed by atoms with Crippen molar-refractivity contribution in [2.75, 3.05) is 13.7 Å². The predicted octanol–water partition coefficient (Wildman–Crippen LogP) is 3.80. The van der Waals surface area contributed by atoms with Crippen LogP contribution in [0, 0.1) is 12.7 Å². The highest BCUT2D eigenvalue weighted by Crippen LogP contribution is 2.42.